The Labute approximate surface area is 216 Å². The Bertz CT molecular complexity index is 1630. The summed E-state index contributed by atoms with van der Waals surface area (Å²) >= 11 is 11.9. The largest absolute Gasteiger partial charge is 0.433 e. The van der Waals surface area contributed by atoms with Crippen LogP contribution in [0.4, 0.5) is 23.4 Å². The van der Waals surface area contributed by atoms with Gasteiger partial charge < -0.3 is 5.32 Å². The smallest absolute Gasteiger partial charge is 0.304 e. The van der Waals surface area contributed by atoms with E-state index in [1.165, 1.54) is 41.1 Å². The molecular formula is C24H14Cl2F4N6O. The van der Waals surface area contributed by atoms with Crippen LogP contribution in [0.25, 0.3) is 16.9 Å². The molecule has 0 fully saturated rings. The minimum absolute atomic E-state index is 0.0431. The lowest BCUT2D eigenvalue weighted by Crippen LogP contribution is -2.16. The van der Waals surface area contributed by atoms with E-state index in [4.69, 9.17) is 23.2 Å². The first kappa shape index (κ1) is 24.7. The molecule has 0 saturated carbocycles. The van der Waals surface area contributed by atoms with Gasteiger partial charge in [0.15, 0.2) is 22.9 Å². The number of anilines is 1. The van der Waals surface area contributed by atoms with E-state index < -0.39 is 23.6 Å². The van der Waals surface area contributed by atoms with E-state index in [1.807, 2.05) is 0 Å². The lowest BCUT2D eigenvalue weighted by atomic mass is 10.1. The first-order valence-corrected chi connectivity index (χ1v) is 11.3. The van der Waals surface area contributed by atoms with E-state index in [9.17, 15) is 22.4 Å². The fraction of sp³-hybridized carbons (Fsp3) is 0.0833. The molecule has 0 saturated heterocycles. The molecule has 1 amide bonds. The molecular weight excluding hydrogens is 535 g/mol. The normalized spacial score (nSPS) is 11.7. The second-order valence-corrected chi connectivity index (χ2v) is 8.76. The lowest BCUT2D eigenvalue weighted by molar-refractivity contribution is -0.142. The molecule has 188 valence electrons. The summed E-state index contributed by atoms with van der Waals surface area (Å²) in [4.78, 5) is 17.0. The van der Waals surface area contributed by atoms with Crippen molar-refractivity contribution < 1.29 is 22.4 Å². The number of carbonyl (C=O) groups is 1. The Morgan fingerprint density at radius 2 is 1.73 bits per heavy atom. The Kier molecular flexibility index (Phi) is 6.34. The lowest BCUT2D eigenvalue weighted by Gasteiger charge is -2.11. The average molecular weight is 549 g/mol. The molecule has 3 aromatic heterocycles. The Balaban J connectivity index is 1.42. The number of hydrogen-bond acceptors (Lipinski definition) is 4. The first-order chi connectivity index (χ1) is 17.6. The van der Waals surface area contributed by atoms with Gasteiger partial charge >= 0.3 is 6.18 Å². The molecule has 1 N–H and O–H groups in total. The summed E-state index contributed by atoms with van der Waals surface area (Å²) in [5.74, 6) is -1.12. The summed E-state index contributed by atoms with van der Waals surface area (Å²) in [6, 6.07) is 13.6. The van der Waals surface area contributed by atoms with Crippen LogP contribution in [0.2, 0.25) is 10.0 Å². The van der Waals surface area contributed by atoms with Gasteiger partial charge in [-0.25, -0.2) is 13.9 Å². The Morgan fingerprint density at radius 1 is 0.973 bits per heavy atom. The predicted octanol–water partition coefficient (Wildman–Crippen LogP) is 6.36. The third-order valence-corrected chi connectivity index (χ3v) is 5.92. The van der Waals surface area contributed by atoms with Crippen molar-refractivity contribution in [2.24, 2.45) is 0 Å². The van der Waals surface area contributed by atoms with Crippen molar-refractivity contribution in [3.63, 3.8) is 0 Å². The molecule has 0 bridgehead atoms. The van der Waals surface area contributed by atoms with Crippen LogP contribution in [-0.4, -0.2) is 30.3 Å². The zero-order valence-electron chi connectivity index (χ0n) is 18.5. The Morgan fingerprint density at radius 3 is 2.43 bits per heavy atom. The molecule has 2 aromatic carbocycles. The van der Waals surface area contributed by atoms with Crippen LogP contribution in [-0.2, 0) is 12.7 Å². The topological polar surface area (TPSA) is 77.1 Å². The number of nitrogens with zero attached hydrogens (tertiary/aromatic N) is 5. The second-order valence-electron chi connectivity index (χ2n) is 7.92. The highest BCUT2D eigenvalue weighted by Gasteiger charge is 2.35. The molecule has 0 aliphatic rings. The summed E-state index contributed by atoms with van der Waals surface area (Å²) in [5.41, 5.74) is -0.490. The van der Waals surface area contributed by atoms with E-state index in [0.717, 1.165) is 12.1 Å². The molecule has 0 aliphatic carbocycles. The summed E-state index contributed by atoms with van der Waals surface area (Å²) in [5, 5.41) is 11.2. The quantitative estimate of drug-likeness (QED) is 0.259. The van der Waals surface area contributed by atoms with Gasteiger partial charge in [-0.15, -0.1) is 0 Å². The van der Waals surface area contributed by atoms with Crippen molar-refractivity contribution in [1.29, 1.82) is 0 Å². The van der Waals surface area contributed by atoms with Gasteiger partial charge in [0.2, 0.25) is 0 Å². The number of benzene rings is 2. The number of aromatic nitrogens is 5. The van der Waals surface area contributed by atoms with Gasteiger partial charge in [0.05, 0.1) is 12.2 Å². The molecule has 0 spiro atoms. The molecule has 13 heteroatoms. The third kappa shape index (κ3) is 5.27. The number of hydrogen-bond donors (Lipinski definition) is 1. The number of rotatable bonds is 5. The summed E-state index contributed by atoms with van der Waals surface area (Å²) in [7, 11) is 0. The van der Waals surface area contributed by atoms with Crippen LogP contribution in [0.15, 0.2) is 66.9 Å². The number of halogens is 6. The standard InChI is InChI=1S/C24H14Cl2F4N6O/c25-15-4-1-13(2-5-15)18-10-20(24(28,29)30)36-22(31-18)11-19(33-36)23(37)32-21-7-8-35(34-21)12-14-3-6-16(27)9-17(14)26/h1-11H,12H2,(H,32,34,37). The number of nitrogens with one attached hydrogen (secondary N) is 1. The highest BCUT2D eigenvalue weighted by molar-refractivity contribution is 6.31. The monoisotopic (exact) mass is 548 g/mol. The van der Waals surface area contributed by atoms with Crippen LogP contribution < -0.4 is 5.32 Å². The maximum atomic E-state index is 13.8. The highest BCUT2D eigenvalue weighted by atomic mass is 35.5. The van der Waals surface area contributed by atoms with Gasteiger partial charge in [0.25, 0.3) is 5.91 Å². The van der Waals surface area contributed by atoms with Crippen LogP contribution in [0, 0.1) is 5.82 Å². The molecule has 5 aromatic rings. The number of fused-ring (bicyclic) bond motifs is 1. The van der Waals surface area contributed by atoms with Crippen LogP contribution in [0.5, 0.6) is 0 Å². The second kappa shape index (κ2) is 9.49. The van der Waals surface area contributed by atoms with Gasteiger partial charge in [-0.1, -0.05) is 41.4 Å². The third-order valence-electron chi connectivity index (χ3n) is 5.32. The average Bonchev–Trinajstić information content (AvgIpc) is 3.47. The molecule has 3 heterocycles. The molecule has 0 unspecified atom stereocenters. The summed E-state index contributed by atoms with van der Waals surface area (Å²) in [6.07, 6.45) is -3.21. The zero-order valence-corrected chi connectivity index (χ0v) is 20.0. The fourth-order valence-corrected chi connectivity index (χ4v) is 3.93. The zero-order chi connectivity index (χ0) is 26.3. The van der Waals surface area contributed by atoms with Crippen molar-refractivity contribution in [1.82, 2.24) is 24.4 Å². The van der Waals surface area contributed by atoms with Gasteiger partial charge in [-0.05, 0) is 35.9 Å². The van der Waals surface area contributed by atoms with Gasteiger partial charge in [0, 0.05) is 33.9 Å². The van der Waals surface area contributed by atoms with E-state index in [-0.39, 0.29) is 34.4 Å². The molecule has 0 aliphatic heterocycles. The van der Waals surface area contributed by atoms with Gasteiger partial charge in [0.1, 0.15) is 5.82 Å². The van der Waals surface area contributed by atoms with E-state index in [1.54, 1.807) is 18.3 Å². The van der Waals surface area contributed by atoms with Crippen LogP contribution >= 0.6 is 23.2 Å². The molecule has 37 heavy (non-hydrogen) atoms. The van der Waals surface area contributed by atoms with Gasteiger partial charge in [-0.2, -0.15) is 23.4 Å². The summed E-state index contributed by atoms with van der Waals surface area (Å²) in [6.45, 7) is 0.204. The minimum atomic E-state index is -4.76. The Hall–Kier alpha value is -3.96. The van der Waals surface area contributed by atoms with Crippen molar-refractivity contribution >= 4 is 40.6 Å². The number of carbonyl (C=O) groups excluding carboxylic acids is 1. The maximum Gasteiger partial charge on any atom is 0.433 e. The summed E-state index contributed by atoms with van der Waals surface area (Å²) < 4.78 is 56.7. The van der Waals surface area contributed by atoms with Crippen molar-refractivity contribution in [2.75, 3.05) is 5.32 Å². The number of alkyl halides is 3. The van der Waals surface area contributed by atoms with Crippen LogP contribution in [0.3, 0.4) is 0 Å². The number of amides is 1. The van der Waals surface area contributed by atoms with Crippen molar-refractivity contribution in [3.05, 3.63) is 99.7 Å². The molecule has 0 atom stereocenters. The SMILES string of the molecule is O=C(Nc1ccn(Cc2ccc(F)cc2Cl)n1)c1cc2nc(-c3ccc(Cl)cc3)cc(C(F)(F)F)n2n1. The fourth-order valence-electron chi connectivity index (χ4n) is 3.58. The maximum absolute atomic E-state index is 13.8. The molecule has 0 radical (unpaired) electrons. The van der Waals surface area contributed by atoms with Crippen molar-refractivity contribution in [3.8, 4) is 11.3 Å². The van der Waals surface area contributed by atoms with Crippen LogP contribution in [0.1, 0.15) is 21.7 Å². The molecule has 5 rings (SSSR count). The van der Waals surface area contributed by atoms with Gasteiger partial charge in [-0.3, -0.25) is 9.48 Å². The highest BCUT2D eigenvalue weighted by Crippen LogP contribution is 2.32. The van der Waals surface area contributed by atoms with E-state index in [0.29, 0.717) is 20.7 Å². The van der Waals surface area contributed by atoms with E-state index in [2.05, 4.69) is 20.5 Å². The van der Waals surface area contributed by atoms with Crippen molar-refractivity contribution in [2.45, 2.75) is 12.7 Å². The van der Waals surface area contributed by atoms with E-state index >= 15 is 0 Å². The molecule has 7 nitrogen and oxygen atoms in total. The first-order valence-electron chi connectivity index (χ1n) is 10.6. The predicted molar refractivity (Wildman–Crippen MR) is 129 cm³/mol. The minimum Gasteiger partial charge on any atom is -0.304 e.